The molecular weight excluding hydrogens is 290 g/mol. The van der Waals surface area contributed by atoms with Crippen LogP contribution in [0.4, 0.5) is 0 Å². The van der Waals surface area contributed by atoms with E-state index in [9.17, 15) is 18.3 Å². The lowest BCUT2D eigenvalue weighted by atomic mass is 10.1. The summed E-state index contributed by atoms with van der Waals surface area (Å²) in [5.74, 6) is -1.35. The molecule has 1 heterocycles. The third kappa shape index (κ3) is 4.54. The van der Waals surface area contributed by atoms with Gasteiger partial charge in [0.2, 0.25) is 0 Å². The summed E-state index contributed by atoms with van der Waals surface area (Å²) in [6.45, 7) is 2.25. The molecule has 1 unspecified atom stereocenters. The smallest absolute Gasteiger partial charge is 0.322 e. The van der Waals surface area contributed by atoms with Crippen LogP contribution in [0.2, 0.25) is 0 Å². The summed E-state index contributed by atoms with van der Waals surface area (Å²) in [6.07, 6.45) is 2.21. The Morgan fingerprint density at radius 1 is 1.19 bits per heavy atom. The van der Waals surface area contributed by atoms with Crippen LogP contribution < -0.4 is 0 Å². The van der Waals surface area contributed by atoms with Gasteiger partial charge in [0.1, 0.15) is 0 Å². The predicted octanol–water partition coefficient (Wildman–Crippen LogP) is 1.19. The summed E-state index contributed by atoms with van der Waals surface area (Å²) in [5, 5.41) is 7.91. The number of likely N-dealkylation sites (tertiary alicyclic amines) is 1. The van der Waals surface area contributed by atoms with E-state index in [-0.39, 0.29) is 12.2 Å². The van der Waals surface area contributed by atoms with Gasteiger partial charge < -0.3 is 10.0 Å². The zero-order chi connectivity index (χ0) is 15.3. The largest absolute Gasteiger partial charge is 0.480 e. The molecule has 0 radical (unpaired) electrons. The van der Waals surface area contributed by atoms with Gasteiger partial charge in [-0.05, 0) is 37.9 Å². The zero-order valence-electron chi connectivity index (χ0n) is 11.9. The van der Waals surface area contributed by atoms with Crippen LogP contribution in [0.3, 0.4) is 0 Å². The maximum atomic E-state index is 12.3. The molecule has 0 aromatic heterocycles. The molecule has 5 nitrogen and oxygen atoms in total. The first kappa shape index (κ1) is 16.0. The van der Waals surface area contributed by atoms with Crippen molar-refractivity contribution in [3.63, 3.8) is 0 Å². The molecule has 21 heavy (non-hydrogen) atoms. The van der Waals surface area contributed by atoms with E-state index >= 15 is 0 Å². The number of rotatable bonds is 7. The van der Waals surface area contributed by atoms with E-state index in [2.05, 4.69) is 4.90 Å². The van der Waals surface area contributed by atoms with E-state index in [1.807, 2.05) is 6.07 Å². The average Bonchev–Trinajstić information content (AvgIpc) is 2.97. The van der Waals surface area contributed by atoms with Crippen molar-refractivity contribution in [2.45, 2.75) is 24.5 Å². The second-order valence-electron chi connectivity index (χ2n) is 5.43. The van der Waals surface area contributed by atoms with E-state index < -0.39 is 21.1 Å². The summed E-state index contributed by atoms with van der Waals surface area (Å²) in [7, 11) is -3.65. The number of nitrogens with zero attached hydrogens (tertiary/aromatic N) is 1. The van der Waals surface area contributed by atoms with Gasteiger partial charge in [-0.15, -0.1) is 0 Å². The lowest BCUT2D eigenvalue weighted by molar-refractivity contribution is -0.136. The van der Waals surface area contributed by atoms with Crippen LogP contribution in [-0.4, -0.2) is 55.0 Å². The quantitative estimate of drug-likeness (QED) is 0.819. The summed E-state index contributed by atoms with van der Waals surface area (Å²) in [6, 6.07) is 8.90. The van der Waals surface area contributed by atoms with Crippen LogP contribution in [0.1, 0.15) is 18.4 Å². The molecule has 116 valence electrons. The Morgan fingerprint density at radius 2 is 1.81 bits per heavy atom. The van der Waals surface area contributed by atoms with Gasteiger partial charge in [-0.3, -0.25) is 4.79 Å². The fourth-order valence-corrected chi connectivity index (χ4v) is 4.15. The highest BCUT2D eigenvalue weighted by atomic mass is 32.2. The lowest BCUT2D eigenvalue weighted by Gasteiger charge is -2.17. The molecule has 1 aliphatic heterocycles. The molecule has 1 fully saturated rings. The van der Waals surface area contributed by atoms with Gasteiger partial charge in [-0.25, -0.2) is 8.42 Å². The number of sulfone groups is 1. The minimum atomic E-state index is -3.65. The minimum Gasteiger partial charge on any atom is -0.480 e. The molecule has 1 saturated heterocycles. The van der Waals surface area contributed by atoms with E-state index in [4.69, 9.17) is 0 Å². The Labute approximate surface area is 125 Å². The van der Waals surface area contributed by atoms with Gasteiger partial charge in [0.25, 0.3) is 0 Å². The van der Waals surface area contributed by atoms with Gasteiger partial charge in [0, 0.05) is 6.54 Å². The molecule has 1 aliphatic rings. The third-order valence-electron chi connectivity index (χ3n) is 3.86. The molecule has 2 rings (SSSR count). The average molecular weight is 311 g/mol. The number of hydrogen-bond acceptors (Lipinski definition) is 4. The third-order valence-corrected chi connectivity index (χ3v) is 5.85. The molecule has 0 aliphatic carbocycles. The van der Waals surface area contributed by atoms with Gasteiger partial charge in [-0.2, -0.15) is 0 Å². The molecule has 0 spiro atoms. The van der Waals surface area contributed by atoms with Crippen molar-refractivity contribution in [2.75, 3.05) is 25.4 Å². The molecule has 0 amide bonds. The summed E-state index contributed by atoms with van der Waals surface area (Å²) >= 11 is 0. The Bertz CT molecular complexity index is 565. The van der Waals surface area contributed by atoms with Gasteiger partial charge in [0.15, 0.2) is 15.1 Å². The molecule has 0 saturated carbocycles. The van der Waals surface area contributed by atoms with Crippen molar-refractivity contribution in [1.82, 2.24) is 4.90 Å². The topological polar surface area (TPSA) is 74.7 Å². The van der Waals surface area contributed by atoms with E-state index in [0.29, 0.717) is 6.54 Å². The molecule has 6 heteroatoms. The summed E-state index contributed by atoms with van der Waals surface area (Å²) in [5.41, 5.74) is 0.731. The fourth-order valence-electron chi connectivity index (χ4n) is 2.60. The highest BCUT2D eigenvalue weighted by molar-refractivity contribution is 7.92. The number of carbonyl (C=O) groups is 1. The maximum absolute atomic E-state index is 12.3. The normalized spacial score (nSPS) is 17.7. The molecular formula is C15H21NO4S. The SMILES string of the molecule is O=C(O)C(Cc1ccccc1)S(=O)(=O)CCN1CCCC1. The molecule has 1 atom stereocenters. The number of hydrogen-bond donors (Lipinski definition) is 1. The minimum absolute atomic E-state index is 0.0263. The lowest BCUT2D eigenvalue weighted by Crippen LogP contribution is -2.37. The van der Waals surface area contributed by atoms with Crippen molar-refractivity contribution in [3.05, 3.63) is 35.9 Å². The van der Waals surface area contributed by atoms with Crippen LogP contribution in [0.25, 0.3) is 0 Å². The summed E-state index contributed by atoms with van der Waals surface area (Å²) < 4.78 is 24.7. The van der Waals surface area contributed by atoms with Gasteiger partial charge in [0.05, 0.1) is 5.75 Å². The van der Waals surface area contributed by atoms with E-state index in [1.54, 1.807) is 24.3 Å². The standard InChI is InChI=1S/C15H21NO4S/c17-15(18)14(12-13-6-2-1-3-7-13)21(19,20)11-10-16-8-4-5-9-16/h1-3,6-7,14H,4-5,8-12H2,(H,17,18). The number of carboxylic acids is 1. The van der Waals surface area contributed by atoms with E-state index in [1.165, 1.54) is 0 Å². The Hall–Kier alpha value is -1.40. The maximum Gasteiger partial charge on any atom is 0.322 e. The Balaban J connectivity index is 2.03. The van der Waals surface area contributed by atoms with Crippen LogP contribution in [0.5, 0.6) is 0 Å². The second kappa shape index (κ2) is 7.04. The first-order valence-corrected chi connectivity index (χ1v) is 8.91. The fraction of sp³-hybridized carbons (Fsp3) is 0.533. The van der Waals surface area contributed by atoms with Gasteiger partial charge >= 0.3 is 5.97 Å². The highest BCUT2D eigenvalue weighted by Gasteiger charge is 2.32. The first-order valence-electron chi connectivity index (χ1n) is 7.20. The predicted molar refractivity (Wildman–Crippen MR) is 81.0 cm³/mol. The Kier molecular flexibility index (Phi) is 5.36. The first-order chi connectivity index (χ1) is 9.99. The van der Waals surface area contributed by atoms with Crippen molar-refractivity contribution >= 4 is 15.8 Å². The summed E-state index contributed by atoms with van der Waals surface area (Å²) in [4.78, 5) is 13.4. The Morgan fingerprint density at radius 3 is 2.38 bits per heavy atom. The van der Waals surface area contributed by atoms with Gasteiger partial charge in [-0.1, -0.05) is 30.3 Å². The highest BCUT2D eigenvalue weighted by Crippen LogP contribution is 2.14. The van der Waals surface area contributed by atoms with E-state index in [0.717, 1.165) is 31.5 Å². The van der Waals surface area contributed by atoms with Crippen molar-refractivity contribution in [3.8, 4) is 0 Å². The van der Waals surface area contributed by atoms with Crippen LogP contribution in [-0.2, 0) is 21.1 Å². The van der Waals surface area contributed by atoms with Crippen LogP contribution in [0, 0.1) is 0 Å². The van der Waals surface area contributed by atoms with Crippen molar-refractivity contribution in [1.29, 1.82) is 0 Å². The zero-order valence-corrected chi connectivity index (χ0v) is 12.8. The number of aliphatic carboxylic acids is 1. The number of carboxylic acid groups (broad SMARTS) is 1. The molecule has 1 aromatic carbocycles. The molecule has 0 bridgehead atoms. The monoisotopic (exact) mass is 311 g/mol. The number of benzene rings is 1. The van der Waals surface area contributed by atoms with Crippen molar-refractivity contribution < 1.29 is 18.3 Å². The second-order valence-corrected chi connectivity index (χ2v) is 7.74. The molecule has 1 aromatic rings. The van der Waals surface area contributed by atoms with Crippen LogP contribution >= 0.6 is 0 Å². The molecule has 1 N–H and O–H groups in total. The van der Waals surface area contributed by atoms with Crippen molar-refractivity contribution in [2.24, 2.45) is 0 Å². The van der Waals surface area contributed by atoms with Crippen LogP contribution in [0.15, 0.2) is 30.3 Å².